The first kappa shape index (κ1) is 16.6. The molecule has 1 atom stereocenters. The SMILES string of the molecule is C[C@@H]1CNCCN1C(=O)CCc1ccccc1OC(F)(F)F. The Labute approximate surface area is 127 Å². The maximum atomic E-state index is 12.4. The van der Waals surface area contributed by atoms with Crippen molar-refractivity contribution in [1.29, 1.82) is 0 Å². The van der Waals surface area contributed by atoms with Gasteiger partial charge in [-0.25, -0.2) is 0 Å². The molecule has 0 aliphatic carbocycles. The number of piperazine rings is 1. The highest BCUT2D eigenvalue weighted by Gasteiger charge is 2.32. The van der Waals surface area contributed by atoms with Crippen LogP contribution in [0.1, 0.15) is 18.9 Å². The lowest BCUT2D eigenvalue weighted by atomic mass is 10.1. The monoisotopic (exact) mass is 316 g/mol. The molecule has 122 valence electrons. The molecule has 0 spiro atoms. The van der Waals surface area contributed by atoms with Gasteiger partial charge in [0, 0.05) is 32.1 Å². The van der Waals surface area contributed by atoms with Crippen LogP contribution in [0.25, 0.3) is 0 Å². The molecule has 1 aliphatic heterocycles. The molecule has 22 heavy (non-hydrogen) atoms. The average Bonchev–Trinajstić information content (AvgIpc) is 2.45. The summed E-state index contributed by atoms with van der Waals surface area (Å²) in [6.45, 7) is 4.05. The second-order valence-electron chi connectivity index (χ2n) is 5.30. The highest BCUT2D eigenvalue weighted by molar-refractivity contribution is 5.77. The van der Waals surface area contributed by atoms with E-state index in [0.29, 0.717) is 12.1 Å². The van der Waals surface area contributed by atoms with Crippen LogP contribution in [0.15, 0.2) is 24.3 Å². The number of hydrogen-bond donors (Lipinski definition) is 1. The van der Waals surface area contributed by atoms with E-state index in [0.717, 1.165) is 13.1 Å². The molecule has 2 rings (SSSR count). The van der Waals surface area contributed by atoms with E-state index in [1.807, 2.05) is 6.92 Å². The Bertz CT molecular complexity index is 520. The minimum absolute atomic E-state index is 0.0455. The Kier molecular flexibility index (Phi) is 5.28. The van der Waals surface area contributed by atoms with Crippen molar-refractivity contribution in [2.75, 3.05) is 19.6 Å². The molecule has 4 nitrogen and oxygen atoms in total. The van der Waals surface area contributed by atoms with E-state index in [9.17, 15) is 18.0 Å². The lowest BCUT2D eigenvalue weighted by Crippen LogP contribution is -2.52. The summed E-state index contributed by atoms with van der Waals surface area (Å²) in [7, 11) is 0. The predicted molar refractivity (Wildman–Crippen MR) is 75.5 cm³/mol. The number of nitrogens with one attached hydrogen (secondary N) is 1. The molecule has 1 saturated heterocycles. The Hall–Kier alpha value is -1.76. The Morgan fingerprint density at radius 1 is 1.41 bits per heavy atom. The number of ether oxygens (including phenoxy) is 1. The molecule has 1 aromatic rings. The number of hydrogen-bond acceptors (Lipinski definition) is 3. The lowest BCUT2D eigenvalue weighted by Gasteiger charge is -2.34. The number of para-hydroxylation sites is 1. The van der Waals surface area contributed by atoms with E-state index in [2.05, 4.69) is 10.1 Å². The third kappa shape index (κ3) is 4.62. The van der Waals surface area contributed by atoms with Crippen molar-refractivity contribution in [3.05, 3.63) is 29.8 Å². The molecule has 0 unspecified atom stereocenters. The molecule has 1 fully saturated rings. The first-order valence-corrected chi connectivity index (χ1v) is 7.20. The molecule has 1 N–H and O–H groups in total. The first-order chi connectivity index (χ1) is 10.4. The standard InChI is InChI=1S/C15H19F3N2O2/c1-11-10-19-8-9-20(11)14(21)7-6-12-4-2-3-5-13(12)22-15(16,17)18/h2-5,11,19H,6-10H2,1H3/t11-/m1/s1. The molecule has 7 heteroatoms. The topological polar surface area (TPSA) is 41.6 Å². The van der Waals surface area contributed by atoms with E-state index in [-0.39, 0.29) is 30.5 Å². The largest absolute Gasteiger partial charge is 0.573 e. The van der Waals surface area contributed by atoms with Gasteiger partial charge in [0.15, 0.2) is 0 Å². The van der Waals surface area contributed by atoms with Crippen LogP contribution in [-0.2, 0) is 11.2 Å². The van der Waals surface area contributed by atoms with Gasteiger partial charge in [-0.15, -0.1) is 13.2 Å². The van der Waals surface area contributed by atoms with Crippen molar-refractivity contribution in [1.82, 2.24) is 10.2 Å². The predicted octanol–water partition coefficient (Wildman–Crippen LogP) is 2.34. The summed E-state index contributed by atoms with van der Waals surface area (Å²) >= 11 is 0. The molecule has 0 saturated carbocycles. The van der Waals surface area contributed by atoms with Crippen LogP contribution in [0.2, 0.25) is 0 Å². The molecule has 1 amide bonds. The minimum atomic E-state index is -4.73. The van der Waals surface area contributed by atoms with Gasteiger partial charge in [0.2, 0.25) is 5.91 Å². The number of carbonyl (C=O) groups excluding carboxylic acids is 1. The van der Waals surface area contributed by atoms with Crippen molar-refractivity contribution < 1.29 is 22.7 Å². The molecule has 1 aromatic carbocycles. The lowest BCUT2D eigenvalue weighted by molar-refractivity contribution is -0.274. The number of benzene rings is 1. The average molecular weight is 316 g/mol. The van der Waals surface area contributed by atoms with Crippen molar-refractivity contribution in [2.45, 2.75) is 32.2 Å². The number of alkyl halides is 3. The Morgan fingerprint density at radius 2 is 2.14 bits per heavy atom. The van der Waals surface area contributed by atoms with Gasteiger partial charge < -0.3 is 15.0 Å². The van der Waals surface area contributed by atoms with Crippen LogP contribution in [0, 0.1) is 0 Å². The van der Waals surface area contributed by atoms with Gasteiger partial charge in [0.05, 0.1) is 0 Å². The normalized spacial score (nSPS) is 19.1. The minimum Gasteiger partial charge on any atom is -0.406 e. The van der Waals surface area contributed by atoms with Crippen LogP contribution in [0.4, 0.5) is 13.2 Å². The Morgan fingerprint density at radius 3 is 2.82 bits per heavy atom. The van der Waals surface area contributed by atoms with Gasteiger partial charge in [-0.1, -0.05) is 18.2 Å². The molecule has 0 aromatic heterocycles. The molecule has 0 bridgehead atoms. The highest BCUT2D eigenvalue weighted by Crippen LogP contribution is 2.27. The van der Waals surface area contributed by atoms with Gasteiger partial charge >= 0.3 is 6.36 Å². The van der Waals surface area contributed by atoms with Gasteiger partial charge in [0.25, 0.3) is 0 Å². The summed E-state index contributed by atoms with van der Waals surface area (Å²) in [5, 5.41) is 3.19. The molecule has 1 heterocycles. The Balaban J connectivity index is 1.98. The van der Waals surface area contributed by atoms with E-state index >= 15 is 0 Å². The third-order valence-corrected chi connectivity index (χ3v) is 3.63. The first-order valence-electron chi connectivity index (χ1n) is 7.20. The summed E-state index contributed by atoms with van der Waals surface area (Å²) in [5.41, 5.74) is 0.385. The quantitative estimate of drug-likeness (QED) is 0.927. The van der Waals surface area contributed by atoms with Crippen molar-refractivity contribution in [3.8, 4) is 5.75 Å². The molecular formula is C15H19F3N2O2. The third-order valence-electron chi connectivity index (χ3n) is 3.63. The summed E-state index contributed by atoms with van der Waals surface area (Å²) in [6, 6.07) is 6.03. The maximum Gasteiger partial charge on any atom is 0.573 e. The van der Waals surface area contributed by atoms with E-state index in [4.69, 9.17) is 0 Å². The van der Waals surface area contributed by atoms with E-state index in [1.165, 1.54) is 12.1 Å². The van der Waals surface area contributed by atoms with Crippen molar-refractivity contribution in [3.63, 3.8) is 0 Å². The van der Waals surface area contributed by atoms with Crippen LogP contribution in [0.3, 0.4) is 0 Å². The van der Waals surface area contributed by atoms with Crippen LogP contribution in [0.5, 0.6) is 5.75 Å². The molecule has 1 aliphatic rings. The summed E-state index contributed by atoms with van der Waals surface area (Å²) < 4.78 is 41.1. The zero-order chi connectivity index (χ0) is 16.2. The fraction of sp³-hybridized carbons (Fsp3) is 0.533. The molecule has 0 radical (unpaired) electrons. The number of amides is 1. The number of halogens is 3. The number of aryl methyl sites for hydroxylation is 1. The fourth-order valence-electron chi connectivity index (χ4n) is 2.53. The van der Waals surface area contributed by atoms with Gasteiger partial charge in [-0.2, -0.15) is 0 Å². The zero-order valence-electron chi connectivity index (χ0n) is 12.3. The van der Waals surface area contributed by atoms with Gasteiger partial charge in [-0.05, 0) is 25.0 Å². The molecular weight excluding hydrogens is 297 g/mol. The summed E-state index contributed by atoms with van der Waals surface area (Å²) in [6.07, 6.45) is -4.34. The second-order valence-corrected chi connectivity index (χ2v) is 5.30. The van der Waals surface area contributed by atoms with E-state index in [1.54, 1.807) is 17.0 Å². The second kappa shape index (κ2) is 7.00. The number of rotatable bonds is 4. The van der Waals surface area contributed by atoms with Crippen LogP contribution >= 0.6 is 0 Å². The zero-order valence-corrected chi connectivity index (χ0v) is 12.3. The van der Waals surface area contributed by atoms with Crippen LogP contribution < -0.4 is 10.1 Å². The number of carbonyl (C=O) groups is 1. The maximum absolute atomic E-state index is 12.4. The summed E-state index contributed by atoms with van der Waals surface area (Å²) in [4.78, 5) is 14.0. The highest BCUT2D eigenvalue weighted by atomic mass is 19.4. The smallest absolute Gasteiger partial charge is 0.406 e. The van der Waals surface area contributed by atoms with Crippen molar-refractivity contribution >= 4 is 5.91 Å². The van der Waals surface area contributed by atoms with Crippen LogP contribution in [-0.4, -0.2) is 42.8 Å². The van der Waals surface area contributed by atoms with E-state index < -0.39 is 6.36 Å². The summed E-state index contributed by atoms with van der Waals surface area (Å²) in [5.74, 6) is -0.285. The number of nitrogens with zero attached hydrogens (tertiary/aromatic N) is 1. The van der Waals surface area contributed by atoms with Gasteiger partial charge in [0.1, 0.15) is 5.75 Å². The fourth-order valence-corrected chi connectivity index (χ4v) is 2.53. The van der Waals surface area contributed by atoms with Crippen molar-refractivity contribution in [2.24, 2.45) is 0 Å². The van der Waals surface area contributed by atoms with Gasteiger partial charge in [-0.3, -0.25) is 4.79 Å².